The first-order chi connectivity index (χ1) is 11.1. The van der Waals surface area contributed by atoms with E-state index in [1.54, 1.807) is 0 Å². The van der Waals surface area contributed by atoms with E-state index in [4.69, 9.17) is 15.2 Å². The van der Waals surface area contributed by atoms with E-state index in [2.05, 4.69) is 13.8 Å². The Labute approximate surface area is 151 Å². The van der Waals surface area contributed by atoms with Gasteiger partial charge in [-0.25, -0.2) is 0 Å². The first-order valence-corrected chi connectivity index (χ1v) is 8.29. The molecule has 0 saturated heterocycles. The third-order valence-corrected chi connectivity index (χ3v) is 3.66. The van der Waals surface area contributed by atoms with E-state index in [1.807, 2.05) is 55.5 Å². The van der Waals surface area contributed by atoms with Crippen molar-refractivity contribution in [2.45, 2.75) is 39.8 Å². The molecule has 4 heteroatoms. The van der Waals surface area contributed by atoms with Gasteiger partial charge in [0.1, 0.15) is 6.61 Å². The van der Waals surface area contributed by atoms with E-state index in [-0.39, 0.29) is 18.4 Å². The van der Waals surface area contributed by atoms with Crippen LogP contribution in [0.15, 0.2) is 48.5 Å². The van der Waals surface area contributed by atoms with E-state index in [9.17, 15) is 0 Å². The van der Waals surface area contributed by atoms with Gasteiger partial charge in [-0.3, -0.25) is 0 Å². The highest BCUT2D eigenvalue weighted by molar-refractivity contribution is 5.85. The van der Waals surface area contributed by atoms with Crippen LogP contribution in [0.25, 0.3) is 0 Å². The van der Waals surface area contributed by atoms with Crippen molar-refractivity contribution in [3.63, 3.8) is 0 Å². The quantitative estimate of drug-likeness (QED) is 0.718. The highest BCUT2D eigenvalue weighted by Crippen LogP contribution is 2.32. The standard InChI is InChI=1S/C20H27NO2.ClH/c1-4-22-20-13-17(18(21)12-15(2)3)10-11-19(20)23-14-16-8-6-5-7-9-16;/h5-11,13,15,18H,4,12,14,21H2,1-3H3;1H/t18-;/m1./s1. The number of hydrogen-bond donors (Lipinski definition) is 1. The maximum atomic E-state index is 6.28. The predicted molar refractivity (Wildman–Crippen MR) is 102 cm³/mol. The molecule has 0 aliphatic rings. The molecule has 2 N–H and O–H groups in total. The largest absolute Gasteiger partial charge is 0.490 e. The van der Waals surface area contributed by atoms with Gasteiger partial charge in [-0.15, -0.1) is 12.4 Å². The second kappa shape index (κ2) is 10.2. The Bertz CT molecular complexity index is 602. The van der Waals surface area contributed by atoms with Crippen molar-refractivity contribution in [3.8, 4) is 11.5 Å². The first kappa shape index (κ1) is 20.3. The summed E-state index contributed by atoms with van der Waals surface area (Å²) in [7, 11) is 0. The maximum Gasteiger partial charge on any atom is 0.161 e. The van der Waals surface area contributed by atoms with Gasteiger partial charge in [-0.05, 0) is 42.5 Å². The van der Waals surface area contributed by atoms with Crippen molar-refractivity contribution in [1.82, 2.24) is 0 Å². The Morgan fingerprint density at radius 3 is 2.29 bits per heavy atom. The molecule has 0 heterocycles. The third-order valence-electron chi connectivity index (χ3n) is 3.66. The second-order valence-corrected chi connectivity index (χ2v) is 6.15. The molecule has 0 amide bonds. The maximum absolute atomic E-state index is 6.28. The smallest absolute Gasteiger partial charge is 0.161 e. The van der Waals surface area contributed by atoms with Gasteiger partial charge in [-0.1, -0.05) is 50.2 Å². The third kappa shape index (κ3) is 6.06. The van der Waals surface area contributed by atoms with Gasteiger partial charge in [0.05, 0.1) is 6.61 Å². The lowest BCUT2D eigenvalue weighted by Crippen LogP contribution is -2.13. The van der Waals surface area contributed by atoms with Gasteiger partial charge in [0.15, 0.2) is 11.5 Å². The van der Waals surface area contributed by atoms with E-state index in [0.29, 0.717) is 19.1 Å². The minimum Gasteiger partial charge on any atom is -0.490 e. The van der Waals surface area contributed by atoms with Gasteiger partial charge in [0.25, 0.3) is 0 Å². The number of nitrogens with two attached hydrogens (primary N) is 1. The van der Waals surface area contributed by atoms with Crippen LogP contribution in [-0.2, 0) is 6.61 Å². The molecule has 0 radical (unpaired) electrons. The van der Waals surface area contributed by atoms with Crippen LogP contribution in [-0.4, -0.2) is 6.61 Å². The summed E-state index contributed by atoms with van der Waals surface area (Å²) in [6.07, 6.45) is 0.954. The van der Waals surface area contributed by atoms with E-state index in [0.717, 1.165) is 29.0 Å². The first-order valence-electron chi connectivity index (χ1n) is 8.29. The molecule has 2 aromatic rings. The van der Waals surface area contributed by atoms with Gasteiger partial charge < -0.3 is 15.2 Å². The van der Waals surface area contributed by atoms with Gasteiger partial charge in [0.2, 0.25) is 0 Å². The highest BCUT2D eigenvalue weighted by atomic mass is 35.5. The van der Waals surface area contributed by atoms with E-state index in [1.165, 1.54) is 0 Å². The molecule has 0 spiro atoms. The van der Waals surface area contributed by atoms with Crippen molar-refractivity contribution in [1.29, 1.82) is 0 Å². The summed E-state index contributed by atoms with van der Waals surface area (Å²) >= 11 is 0. The molecule has 2 aromatic carbocycles. The molecule has 0 bridgehead atoms. The molecular weight excluding hydrogens is 322 g/mol. The van der Waals surface area contributed by atoms with Crippen LogP contribution in [0, 0.1) is 5.92 Å². The average molecular weight is 350 g/mol. The predicted octanol–water partition coefficient (Wildman–Crippen LogP) is 5.13. The molecule has 24 heavy (non-hydrogen) atoms. The lowest BCUT2D eigenvalue weighted by molar-refractivity contribution is 0.269. The summed E-state index contributed by atoms with van der Waals surface area (Å²) in [6.45, 7) is 7.46. The summed E-state index contributed by atoms with van der Waals surface area (Å²) in [4.78, 5) is 0. The monoisotopic (exact) mass is 349 g/mol. The van der Waals surface area contributed by atoms with Gasteiger partial charge >= 0.3 is 0 Å². The summed E-state index contributed by atoms with van der Waals surface area (Å²) < 4.78 is 11.7. The average Bonchev–Trinajstić information content (AvgIpc) is 2.54. The summed E-state index contributed by atoms with van der Waals surface area (Å²) in [6, 6.07) is 16.2. The number of hydrogen-bond acceptors (Lipinski definition) is 3. The van der Waals surface area contributed by atoms with Crippen molar-refractivity contribution < 1.29 is 9.47 Å². The van der Waals surface area contributed by atoms with E-state index < -0.39 is 0 Å². The molecule has 0 aliphatic carbocycles. The number of ether oxygens (including phenoxy) is 2. The van der Waals surface area contributed by atoms with Gasteiger partial charge in [0, 0.05) is 6.04 Å². The van der Waals surface area contributed by atoms with Crippen molar-refractivity contribution >= 4 is 12.4 Å². The molecule has 0 aromatic heterocycles. The number of rotatable bonds is 8. The van der Waals surface area contributed by atoms with Crippen LogP contribution >= 0.6 is 12.4 Å². The lowest BCUT2D eigenvalue weighted by Gasteiger charge is -2.18. The topological polar surface area (TPSA) is 44.5 Å². The van der Waals surface area contributed by atoms with Crippen LogP contribution < -0.4 is 15.2 Å². The Kier molecular flexibility index (Phi) is 8.66. The number of halogens is 1. The van der Waals surface area contributed by atoms with Crippen LogP contribution in [0.3, 0.4) is 0 Å². The van der Waals surface area contributed by atoms with Crippen molar-refractivity contribution in [3.05, 3.63) is 59.7 Å². The molecule has 0 unspecified atom stereocenters. The lowest BCUT2D eigenvalue weighted by atomic mass is 9.97. The molecule has 0 saturated carbocycles. The molecule has 1 atom stereocenters. The van der Waals surface area contributed by atoms with Crippen molar-refractivity contribution in [2.75, 3.05) is 6.61 Å². The Hall–Kier alpha value is -1.71. The fourth-order valence-corrected chi connectivity index (χ4v) is 2.52. The zero-order valence-electron chi connectivity index (χ0n) is 14.7. The van der Waals surface area contributed by atoms with Crippen LogP contribution in [0.5, 0.6) is 11.5 Å². The minimum atomic E-state index is 0. The summed E-state index contributed by atoms with van der Waals surface area (Å²) in [5.41, 5.74) is 8.51. The zero-order valence-corrected chi connectivity index (χ0v) is 15.5. The molecule has 3 nitrogen and oxygen atoms in total. The van der Waals surface area contributed by atoms with Crippen molar-refractivity contribution in [2.24, 2.45) is 11.7 Å². The zero-order chi connectivity index (χ0) is 16.7. The highest BCUT2D eigenvalue weighted by Gasteiger charge is 2.13. The second-order valence-electron chi connectivity index (χ2n) is 6.15. The van der Waals surface area contributed by atoms with Crippen LogP contribution in [0.4, 0.5) is 0 Å². The Morgan fingerprint density at radius 1 is 0.958 bits per heavy atom. The molecule has 2 rings (SSSR count). The molecule has 0 fully saturated rings. The summed E-state index contributed by atoms with van der Waals surface area (Å²) in [5, 5.41) is 0. The number of benzene rings is 2. The van der Waals surface area contributed by atoms with Gasteiger partial charge in [-0.2, -0.15) is 0 Å². The molecular formula is C20H28ClNO2. The molecule has 132 valence electrons. The van der Waals surface area contributed by atoms with E-state index >= 15 is 0 Å². The fraction of sp³-hybridized carbons (Fsp3) is 0.400. The summed E-state index contributed by atoms with van der Waals surface area (Å²) in [5.74, 6) is 2.09. The Balaban J connectivity index is 0.00000288. The SMILES string of the molecule is CCOc1cc([C@H](N)CC(C)C)ccc1OCc1ccccc1.Cl. The fourth-order valence-electron chi connectivity index (χ4n) is 2.52. The van der Waals surface area contributed by atoms with Crippen LogP contribution in [0.1, 0.15) is 44.4 Å². The van der Waals surface area contributed by atoms with Crippen LogP contribution in [0.2, 0.25) is 0 Å². The minimum absolute atomic E-state index is 0. The molecule has 0 aliphatic heterocycles. The Morgan fingerprint density at radius 2 is 1.67 bits per heavy atom. The normalized spacial score (nSPS) is 11.7.